The molecule has 3 rings (SSSR count). The van der Waals surface area contributed by atoms with Crippen molar-refractivity contribution < 1.29 is 9.53 Å². The summed E-state index contributed by atoms with van der Waals surface area (Å²) in [6.45, 7) is 0. The number of ether oxygens (including phenoxy) is 1. The normalized spacial score (nSPS) is 16.3. The van der Waals surface area contributed by atoms with E-state index in [1.54, 1.807) is 12.1 Å². The van der Waals surface area contributed by atoms with Gasteiger partial charge in [-0.25, -0.2) is 0 Å². The van der Waals surface area contributed by atoms with Crippen LogP contribution in [0, 0.1) is 5.92 Å². The molecule has 0 radical (unpaired) electrons. The number of nitrogens with one attached hydrogen (secondary N) is 1. The Labute approximate surface area is 140 Å². The van der Waals surface area contributed by atoms with E-state index in [9.17, 15) is 4.79 Å². The predicted molar refractivity (Wildman–Crippen MR) is 93.1 cm³/mol. The summed E-state index contributed by atoms with van der Waals surface area (Å²) in [6.07, 6.45) is 6.85. The highest BCUT2D eigenvalue weighted by atomic mass is 35.5. The molecule has 0 aromatic heterocycles. The van der Waals surface area contributed by atoms with Crippen molar-refractivity contribution >= 4 is 23.2 Å². The Kier molecular flexibility index (Phi) is 4.99. The average molecular weight is 328 g/mol. The van der Waals surface area contributed by atoms with Crippen LogP contribution in [0.4, 0.5) is 5.69 Å². The Morgan fingerprint density at radius 3 is 2.61 bits per heavy atom. The first kappa shape index (κ1) is 15.6. The van der Waals surface area contributed by atoms with Gasteiger partial charge in [0.25, 0.3) is 0 Å². The number of para-hydroxylation sites is 3. The van der Waals surface area contributed by atoms with Crippen LogP contribution in [0.1, 0.15) is 19.3 Å². The van der Waals surface area contributed by atoms with Crippen LogP contribution in [0.3, 0.4) is 0 Å². The monoisotopic (exact) mass is 327 g/mol. The van der Waals surface area contributed by atoms with E-state index in [-0.39, 0.29) is 5.91 Å². The quantitative estimate of drug-likeness (QED) is 0.744. The molecule has 0 bridgehead atoms. The van der Waals surface area contributed by atoms with Crippen molar-refractivity contribution in [3.05, 3.63) is 65.7 Å². The largest absolute Gasteiger partial charge is 0.454 e. The lowest BCUT2D eigenvalue weighted by Gasteiger charge is -2.14. The van der Waals surface area contributed by atoms with Gasteiger partial charge in [-0.2, -0.15) is 0 Å². The number of benzene rings is 2. The molecule has 3 nitrogen and oxygen atoms in total. The van der Waals surface area contributed by atoms with Gasteiger partial charge >= 0.3 is 0 Å². The summed E-state index contributed by atoms with van der Waals surface area (Å²) in [7, 11) is 0. The molecule has 2 aromatic carbocycles. The van der Waals surface area contributed by atoms with Gasteiger partial charge in [-0.15, -0.1) is 0 Å². The second kappa shape index (κ2) is 7.34. The van der Waals surface area contributed by atoms with Crippen LogP contribution in [-0.2, 0) is 4.79 Å². The highest BCUT2D eigenvalue weighted by Crippen LogP contribution is 2.33. The molecule has 0 spiro atoms. The maximum absolute atomic E-state index is 12.2. The summed E-state index contributed by atoms with van der Waals surface area (Å²) in [5, 5.41) is 3.47. The zero-order valence-corrected chi connectivity index (χ0v) is 13.4. The number of amides is 1. The Morgan fingerprint density at radius 1 is 1.13 bits per heavy atom. The minimum atomic E-state index is -0.00300. The van der Waals surface area contributed by atoms with E-state index in [0.29, 0.717) is 34.5 Å². The van der Waals surface area contributed by atoms with Crippen molar-refractivity contribution in [1.29, 1.82) is 0 Å². The molecule has 0 aliphatic heterocycles. The predicted octanol–water partition coefficient (Wildman–Crippen LogP) is 5.43. The van der Waals surface area contributed by atoms with Crippen LogP contribution in [0.15, 0.2) is 60.7 Å². The molecule has 0 unspecified atom stereocenters. The second-order valence-corrected chi connectivity index (χ2v) is 5.95. The molecule has 1 N–H and O–H groups in total. The summed E-state index contributed by atoms with van der Waals surface area (Å²) >= 11 is 6.13. The number of hydrogen-bond donors (Lipinski definition) is 1. The SMILES string of the molecule is O=C(C[C@H]1C=CCC1)Nc1ccccc1Oc1ccccc1Cl. The van der Waals surface area contributed by atoms with Crippen molar-refractivity contribution in [2.24, 2.45) is 5.92 Å². The lowest BCUT2D eigenvalue weighted by atomic mass is 10.1. The number of rotatable bonds is 5. The van der Waals surface area contributed by atoms with E-state index in [4.69, 9.17) is 16.3 Å². The lowest BCUT2D eigenvalue weighted by Crippen LogP contribution is -2.15. The molecule has 1 amide bonds. The number of anilines is 1. The molecule has 118 valence electrons. The summed E-state index contributed by atoms with van der Waals surface area (Å²) < 4.78 is 5.85. The zero-order chi connectivity index (χ0) is 16.1. The molecular weight excluding hydrogens is 310 g/mol. The fraction of sp³-hybridized carbons (Fsp3) is 0.211. The van der Waals surface area contributed by atoms with Crippen LogP contribution in [-0.4, -0.2) is 5.91 Å². The number of carbonyl (C=O) groups is 1. The third-order valence-corrected chi connectivity index (χ3v) is 4.09. The van der Waals surface area contributed by atoms with Crippen molar-refractivity contribution in [3.8, 4) is 11.5 Å². The average Bonchev–Trinajstić information content (AvgIpc) is 3.04. The maximum Gasteiger partial charge on any atom is 0.225 e. The molecule has 1 atom stereocenters. The van der Waals surface area contributed by atoms with Crippen LogP contribution in [0.2, 0.25) is 5.02 Å². The van der Waals surface area contributed by atoms with Crippen molar-refractivity contribution in [3.63, 3.8) is 0 Å². The van der Waals surface area contributed by atoms with Crippen LogP contribution in [0.25, 0.3) is 0 Å². The first-order valence-corrected chi connectivity index (χ1v) is 8.08. The summed E-state index contributed by atoms with van der Waals surface area (Å²) in [6, 6.07) is 14.6. The Bertz CT molecular complexity index is 727. The highest BCUT2D eigenvalue weighted by Gasteiger charge is 2.15. The molecular formula is C19H18ClNO2. The Morgan fingerprint density at radius 2 is 1.87 bits per heavy atom. The molecule has 0 saturated heterocycles. The number of allylic oxidation sites excluding steroid dienone is 2. The fourth-order valence-corrected chi connectivity index (χ4v) is 2.78. The van der Waals surface area contributed by atoms with Gasteiger partial charge in [-0.05, 0) is 43.0 Å². The van der Waals surface area contributed by atoms with E-state index in [0.717, 1.165) is 12.8 Å². The number of halogens is 1. The van der Waals surface area contributed by atoms with Crippen LogP contribution in [0.5, 0.6) is 11.5 Å². The summed E-state index contributed by atoms with van der Waals surface area (Å²) in [4.78, 5) is 12.2. The molecule has 0 saturated carbocycles. The van der Waals surface area contributed by atoms with E-state index in [2.05, 4.69) is 17.5 Å². The van der Waals surface area contributed by atoms with Gasteiger partial charge in [0.15, 0.2) is 5.75 Å². The van der Waals surface area contributed by atoms with Gasteiger partial charge in [0.2, 0.25) is 5.91 Å². The topological polar surface area (TPSA) is 38.3 Å². The minimum absolute atomic E-state index is 0.00300. The Balaban J connectivity index is 1.71. The van der Waals surface area contributed by atoms with Gasteiger partial charge in [0.1, 0.15) is 5.75 Å². The van der Waals surface area contributed by atoms with Gasteiger partial charge in [-0.1, -0.05) is 48.0 Å². The van der Waals surface area contributed by atoms with Crippen LogP contribution >= 0.6 is 11.6 Å². The molecule has 4 heteroatoms. The molecule has 0 heterocycles. The van der Waals surface area contributed by atoms with Crippen LogP contribution < -0.4 is 10.1 Å². The molecule has 1 aliphatic rings. The highest BCUT2D eigenvalue weighted by molar-refractivity contribution is 6.32. The minimum Gasteiger partial charge on any atom is -0.454 e. The fourth-order valence-electron chi connectivity index (χ4n) is 2.61. The zero-order valence-electron chi connectivity index (χ0n) is 12.7. The maximum atomic E-state index is 12.2. The van der Waals surface area contributed by atoms with Crippen molar-refractivity contribution in [2.45, 2.75) is 19.3 Å². The Hall–Kier alpha value is -2.26. The third-order valence-electron chi connectivity index (χ3n) is 3.78. The molecule has 23 heavy (non-hydrogen) atoms. The first-order valence-electron chi connectivity index (χ1n) is 7.70. The van der Waals surface area contributed by atoms with Gasteiger partial charge < -0.3 is 10.1 Å². The summed E-state index contributed by atoms with van der Waals surface area (Å²) in [5.41, 5.74) is 0.652. The number of hydrogen-bond acceptors (Lipinski definition) is 2. The number of carbonyl (C=O) groups excluding carboxylic acids is 1. The molecule has 1 aliphatic carbocycles. The standard InChI is InChI=1S/C19H18ClNO2/c20-15-9-3-5-11-17(15)23-18-12-6-4-10-16(18)21-19(22)13-14-7-1-2-8-14/h1,3-7,9-12,14H,2,8,13H2,(H,21,22)/t14-/m0/s1. The lowest BCUT2D eigenvalue weighted by molar-refractivity contribution is -0.116. The van der Waals surface area contributed by atoms with Crippen molar-refractivity contribution in [1.82, 2.24) is 0 Å². The third kappa shape index (κ3) is 4.14. The van der Waals surface area contributed by atoms with Gasteiger partial charge in [-0.3, -0.25) is 4.79 Å². The second-order valence-electron chi connectivity index (χ2n) is 5.55. The van der Waals surface area contributed by atoms with E-state index in [1.807, 2.05) is 36.4 Å². The van der Waals surface area contributed by atoms with E-state index < -0.39 is 0 Å². The van der Waals surface area contributed by atoms with Gasteiger partial charge in [0.05, 0.1) is 10.7 Å². The van der Waals surface area contributed by atoms with E-state index in [1.165, 1.54) is 0 Å². The first-order chi connectivity index (χ1) is 11.2. The molecule has 2 aromatic rings. The van der Waals surface area contributed by atoms with Crippen molar-refractivity contribution in [2.75, 3.05) is 5.32 Å². The smallest absolute Gasteiger partial charge is 0.225 e. The van der Waals surface area contributed by atoms with E-state index >= 15 is 0 Å². The summed E-state index contributed by atoms with van der Waals surface area (Å²) in [5.74, 6) is 1.48. The molecule has 0 fully saturated rings. The van der Waals surface area contributed by atoms with Gasteiger partial charge in [0, 0.05) is 6.42 Å².